The Balaban J connectivity index is 3.02. The van der Waals surface area contributed by atoms with Gasteiger partial charge in [0.15, 0.2) is 0 Å². The lowest BCUT2D eigenvalue weighted by Gasteiger charge is -2.05. The Morgan fingerprint density at radius 1 is 1.45 bits per heavy atom. The highest BCUT2D eigenvalue weighted by atomic mass is 16.5. The third-order valence-electron chi connectivity index (χ3n) is 1.52. The van der Waals surface area contributed by atoms with E-state index in [4.69, 9.17) is 4.74 Å². The summed E-state index contributed by atoms with van der Waals surface area (Å²) < 4.78 is 4.96. The summed E-state index contributed by atoms with van der Waals surface area (Å²) in [6, 6.07) is 3.81. The Morgan fingerprint density at radius 2 is 2.18 bits per heavy atom. The van der Waals surface area contributed by atoms with Crippen LogP contribution < -0.4 is 10.1 Å². The largest absolute Gasteiger partial charge is 0.481 e. The minimum atomic E-state index is 0.639. The normalized spacial score (nSPS) is 9.36. The van der Waals surface area contributed by atoms with Crippen LogP contribution in [0.5, 0.6) is 5.88 Å². The predicted octanol–water partition coefficient (Wildman–Crippen LogP) is 1.44. The van der Waals surface area contributed by atoms with Crippen molar-refractivity contribution in [1.29, 1.82) is 0 Å². The second kappa shape index (κ2) is 3.23. The molecular weight excluding hydrogens is 140 g/mol. The van der Waals surface area contributed by atoms with Crippen molar-refractivity contribution in [3.8, 4) is 5.88 Å². The first kappa shape index (κ1) is 7.85. The van der Waals surface area contributed by atoms with Gasteiger partial charge in [0.1, 0.15) is 5.82 Å². The van der Waals surface area contributed by atoms with Gasteiger partial charge in [-0.2, -0.15) is 4.98 Å². The summed E-state index contributed by atoms with van der Waals surface area (Å²) in [6.07, 6.45) is 0. The van der Waals surface area contributed by atoms with Gasteiger partial charge < -0.3 is 10.1 Å². The van der Waals surface area contributed by atoms with Gasteiger partial charge in [-0.25, -0.2) is 0 Å². The molecule has 0 bridgehead atoms. The van der Waals surface area contributed by atoms with Crippen LogP contribution in [0.1, 0.15) is 5.56 Å². The van der Waals surface area contributed by atoms with Gasteiger partial charge in [-0.3, -0.25) is 0 Å². The van der Waals surface area contributed by atoms with Crippen LogP contribution in [0, 0.1) is 6.92 Å². The summed E-state index contributed by atoms with van der Waals surface area (Å²) in [6.45, 7) is 2.00. The zero-order chi connectivity index (χ0) is 8.27. The molecule has 0 spiro atoms. The van der Waals surface area contributed by atoms with Gasteiger partial charge in [0.05, 0.1) is 7.11 Å². The molecule has 0 radical (unpaired) electrons. The van der Waals surface area contributed by atoms with E-state index in [2.05, 4.69) is 10.3 Å². The van der Waals surface area contributed by atoms with E-state index < -0.39 is 0 Å². The molecule has 0 saturated heterocycles. The molecule has 1 N–H and O–H groups in total. The first-order valence-corrected chi connectivity index (χ1v) is 3.47. The lowest BCUT2D eigenvalue weighted by molar-refractivity contribution is 0.398. The summed E-state index contributed by atoms with van der Waals surface area (Å²) in [5, 5.41) is 2.98. The van der Waals surface area contributed by atoms with Crippen LogP contribution >= 0.6 is 0 Å². The molecule has 0 fully saturated rings. The number of rotatable bonds is 2. The summed E-state index contributed by atoms with van der Waals surface area (Å²) >= 11 is 0. The zero-order valence-corrected chi connectivity index (χ0v) is 7.01. The number of nitrogens with one attached hydrogen (secondary N) is 1. The van der Waals surface area contributed by atoms with Crippen molar-refractivity contribution in [2.75, 3.05) is 19.5 Å². The Kier molecular flexibility index (Phi) is 2.31. The second-order valence-electron chi connectivity index (χ2n) is 2.27. The van der Waals surface area contributed by atoms with E-state index in [9.17, 15) is 0 Å². The fraction of sp³-hybridized carbons (Fsp3) is 0.375. The molecule has 0 amide bonds. The van der Waals surface area contributed by atoms with Gasteiger partial charge in [-0.05, 0) is 12.5 Å². The van der Waals surface area contributed by atoms with E-state index >= 15 is 0 Å². The van der Waals surface area contributed by atoms with E-state index in [0.717, 1.165) is 11.4 Å². The van der Waals surface area contributed by atoms with E-state index in [1.54, 1.807) is 7.11 Å². The van der Waals surface area contributed by atoms with Crippen LogP contribution in [0.25, 0.3) is 0 Å². The van der Waals surface area contributed by atoms with Crippen molar-refractivity contribution in [2.24, 2.45) is 0 Å². The lowest BCUT2D eigenvalue weighted by atomic mass is 10.3. The van der Waals surface area contributed by atoms with Crippen molar-refractivity contribution in [3.63, 3.8) is 0 Å². The van der Waals surface area contributed by atoms with Crippen molar-refractivity contribution in [1.82, 2.24) is 4.98 Å². The number of anilines is 1. The molecule has 0 saturated carbocycles. The predicted molar refractivity (Wildman–Crippen MR) is 45.1 cm³/mol. The molecule has 0 aliphatic carbocycles. The molecule has 1 rings (SSSR count). The highest BCUT2D eigenvalue weighted by Crippen LogP contribution is 2.15. The molecule has 11 heavy (non-hydrogen) atoms. The number of methoxy groups -OCH3 is 1. The van der Waals surface area contributed by atoms with Gasteiger partial charge in [-0.15, -0.1) is 0 Å². The average molecular weight is 152 g/mol. The van der Waals surface area contributed by atoms with Gasteiger partial charge in [0.25, 0.3) is 0 Å². The molecule has 1 aromatic heterocycles. The first-order chi connectivity index (χ1) is 5.27. The van der Waals surface area contributed by atoms with E-state index in [0.29, 0.717) is 5.88 Å². The first-order valence-electron chi connectivity index (χ1n) is 3.47. The summed E-state index contributed by atoms with van der Waals surface area (Å²) in [5.41, 5.74) is 1.12. The van der Waals surface area contributed by atoms with E-state index in [-0.39, 0.29) is 0 Å². The SMILES string of the molecule is CNc1nc(OC)ccc1C. The van der Waals surface area contributed by atoms with Gasteiger partial charge in [0, 0.05) is 13.1 Å². The van der Waals surface area contributed by atoms with Crippen LogP contribution in [0.3, 0.4) is 0 Å². The summed E-state index contributed by atoms with van der Waals surface area (Å²) in [7, 11) is 3.45. The number of pyridine rings is 1. The maximum Gasteiger partial charge on any atom is 0.214 e. The van der Waals surface area contributed by atoms with Crippen LogP contribution in [0.2, 0.25) is 0 Å². The van der Waals surface area contributed by atoms with Crippen molar-refractivity contribution in [2.45, 2.75) is 6.92 Å². The van der Waals surface area contributed by atoms with E-state index in [1.165, 1.54) is 0 Å². The number of hydrogen-bond donors (Lipinski definition) is 1. The van der Waals surface area contributed by atoms with Crippen LogP contribution in [0.4, 0.5) is 5.82 Å². The minimum Gasteiger partial charge on any atom is -0.481 e. The van der Waals surface area contributed by atoms with Crippen LogP contribution in [-0.2, 0) is 0 Å². The van der Waals surface area contributed by atoms with Crippen molar-refractivity contribution < 1.29 is 4.74 Å². The van der Waals surface area contributed by atoms with Gasteiger partial charge in [0.2, 0.25) is 5.88 Å². The minimum absolute atomic E-state index is 0.639. The fourth-order valence-electron chi connectivity index (χ4n) is 0.878. The topological polar surface area (TPSA) is 34.2 Å². The molecule has 0 atom stereocenters. The molecule has 1 aromatic rings. The average Bonchev–Trinajstić information content (AvgIpc) is 2.05. The molecule has 0 aromatic carbocycles. The molecule has 3 nitrogen and oxygen atoms in total. The van der Waals surface area contributed by atoms with Crippen molar-refractivity contribution in [3.05, 3.63) is 17.7 Å². The molecule has 60 valence electrons. The third-order valence-corrected chi connectivity index (χ3v) is 1.52. The standard InChI is InChI=1S/C8H12N2O/c1-6-4-5-7(11-3)10-8(6)9-2/h4-5H,1-3H3,(H,9,10). The number of aryl methyl sites for hydroxylation is 1. The molecule has 1 heterocycles. The van der Waals surface area contributed by atoms with Crippen LogP contribution in [-0.4, -0.2) is 19.1 Å². The molecular formula is C8H12N2O. The third kappa shape index (κ3) is 1.61. The highest BCUT2D eigenvalue weighted by Gasteiger charge is 1.98. The monoisotopic (exact) mass is 152 g/mol. The quantitative estimate of drug-likeness (QED) is 0.696. The Labute approximate surface area is 66.4 Å². The van der Waals surface area contributed by atoms with Crippen molar-refractivity contribution >= 4 is 5.82 Å². The number of aromatic nitrogens is 1. The molecule has 0 aliphatic heterocycles. The van der Waals surface area contributed by atoms with E-state index in [1.807, 2.05) is 26.1 Å². The number of nitrogens with zero attached hydrogens (tertiary/aromatic N) is 1. The number of ether oxygens (including phenoxy) is 1. The zero-order valence-electron chi connectivity index (χ0n) is 7.01. The Hall–Kier alpha value is -1.25. The summed E-state index contributed by atoms with van der Waals surface area (Å²) in [4.78, 5) is 4.18. The number of hydrogen-bond acceptors (Lipinski definition) is 3. The van der Waals surface area contributed by atoms with Crippen LogP contribution in [0.15, 0.2) is 12.1 Å². The smallest absolute Gasteiger partial charge is 0.214 e. The Bertz CT molecular complexity index is 248. The summed E-state index contributed by atoms with van der Waals surface area (Å²) in [5.74, 6) is 1.50. The molecule has 3 heteroatoms. The maximum absolute atomic E-state index is 4.96. The molecule has 0 aliphatic rings. The maximum atomic E-state index is 4.96. The van der Waals surface area contributed by atoms with Gasteiger partial charge >= 0.3 is 0 Å². The highest BCUT2D eigenvalue weighted by molar-refractivity contribution is 5.44. The lowest BCUT2D eigenvalue weighted by Crippen LogP contribution is -1.97. The Morgan fingerprint density at radius 3 is 2.73 bits per heavy atom. The second-order valence-corrected chi connectivity index (χ2v) is 2.27. The molecule has 0 unspecified atom stereocenters. The fourth-order valence-corrected chi connectivity index (χ4v) is 0.878. The van der Waals surface area contributed by atoms with Gasteiger partial charge in [-0.1, -0.05) is 6.07 Å².